The summed E-state index contributed by atoms with van der Waals surface area (Å²) in [5.41, 5.74) is 1.82. The first-order valence-electron chi connectivity index (χ1n) is 6.04. The predicted molar refractivity (Wildman–Crippen MR) is 75.3 cm³/mol. The van der Waals surface area contributed by atoms with Crippen LogP contribution in [0.1, 0.15) is 43.1 Å². The Kier molecular flexibility index (Phi) is 5.19. The summed E-state index contributed by atoms with van der Waals surface area (Å²) in [4.78, 5) is 14.4. The highest BCUT2D eigenvalue weighted by Crippen LogP contribution is 2.19. The number of hydrogen-bond acceptors (Lipinski definition) is 1. The number of rotatable bonds is 4. The Labute approximate surface area is 112 Å². The Bertz CT molecular complexity index is 401. The summed E-state index contributed by atoms with van der Waals surface area (Å²) in [6.45, 7) is 8.99. The fraction of sp³-hybridized carbons (Fsp3) is 0.500. The highest BCUT2D eigenvalue weighted by Gasteiger charge is 2.19. The summed E-state index contributed by atoms with van der Waals surface area (Å²) in [7, 11) is 0. The van der Waals surface area contributed by atoms with Gasteiger partial charge in [0, 0.05) is 22.6 Å². The van der Waals surface area contributed by atoms with Crippen LogP contribution in [0.2, 0.25) is 0 Å². The number of benzene rings is 1. The molecule has 0 heterocycles. The molecule has 0 radical (unpaired) electrons. The molecular weight excluding hydrogens is 278 g/mol. The van der Waals surface area contributed by atoms with Gasteiger partial charge in [0.05, 0.1) is 0 Å². The van der Waals surface area contributed by atoms with E-state index in [0.717, 1.165) is 28.6 Å². The number of carbonyl (C=O) groups is 1. The van der Waals surface area contributed by atoms with Crippen molar-refractivity contribution in [1.29, 1.82) is 0 Å². The monoisotopic (exact) mass is 297 g/mol. The fourth-order valence-electron chi connectivity index (χ4n) is 1.81. The minimum atomic E-state index is 0.126. The summed E-state index contributed by atoms with van der Waals surface area (Å²) < 4.78 is 0.951. The molecule has 0 aromatic heterocycles. The van der Waals surface area contributed by atoms with Crippen LogP contribution >= 0.6 is 15.9 Å². The molecule has 0 spiro atoms. The van der Waals surface area contributed by atoms with Gasteiger partial charge in [0.25, 0.3) is 5.91 Å². The van der Waals surface area contributed by atoms with E-state index in [0.29, 0.717) is 0 Å². The van der Waals surface area contributed by atoms with Gasteiger partial charge in [-0.25, -0.2) is 0 Å². The van der Waals surface area contributed by atoms with E-state index >= 15 is 0 Å². The second kappa shape index (κ2) is 6.20. The second-order valence-corrected chi connectivity index (χ2v) is 5.47. The van der Waals surface area contributed by atoms with E-state index in [2.05, 4.69) is 36.7 Å². The van der Waals surface area contributed by atoms with Crippen molar-refractivity contribution in [1.82, 2.24) is 4.90 Å². The fourth-order valence-corrected chi connectivity index (χ4v) is 2.18. The third-order valence-electron chi connectivity index (χ3n) is 2.78. The SMILES string of the molecule is CCCN(C(=O)c1cc(Br)ccc1C)C(C)C. The van der Waals surface area contributed by atoms with Crippen LogP contribution in [-0.4, -0.2) is 23.4 Å². The Morgan fingerprint density at radius 1 is 1.41 bits per heavy atom. The second-order valence-electron chi connectivity index (χ2n) is 4.55. The lowest BCUT2D eigenvalue weighted by Crippen LogP contribution is -2.37. The number of nitrogens with zero attached hydrogens (tertiary/aromatic N) is 1. The van der Waals surface area contributed by atoms with E-state index in [9.17, 15) is 4.79 Å². The van der Waals surface area contributed by atoms with Gasteiger partial charge in [-0.3, -0.25) is 4.79 Å². The molecule has 0 bridgehead atoms. The molecule has 0 saturated heterocycles. The molecule has 2 nitrogen and oxygen atoms in total. The topological polar surface area (TPSA) is 20.3 Å². The van der Waals surface area contributed by atoms with Gasteiger partial charge in [0.15, 0.2) is 0 Å². The van der Waals surface area contributed by atoms with Crippen molar-refractivity contribution in [2.24, 2.45) is 0 Å². The number of amides is 1. The molecule has 0 atom stereocenters. The number of carbonyl (C=O) groups excluding carboxylic acids is 1. The van der Waals surface area contributed by atoms with Gasteiger partial charge in [0.2, 0.25) is 0 Å². The van der Waals surface area contributed by atoms with Crippen LogP contribution in [0, 0.1) is 6.92 Å². The summed E-state index contributed by atoms with van der Waals surface area (Å²) >= 11 is 3.42. The van der Waals surface area contributed by atoms with Crippen LogP contribution in [0.4, 0.5) is 0 Å². The van der Waals surface area contributed by atoms with Gasteiger partial charge in [-0.15, -0.1) is 0 Å². The standard InChI is InChI=1S/C14H20BrNO/c1-5-8-16(10(2)3)14(17)13-9-12(15)7-6-11(13)4/h6-7,9-10H,5,8H2,1-4H3. The predicted octanol–water partition coefficient (Wildman–Crippen LogP) is 4.02. The first kappa shape index (κ1) is 14.2. The van der Waals surface area contributed by atoms with Crippen molar-refractivity contribution in [2.75, 3.05) is 6.54 Å². The van der Waals surface area contributed by atoms with E-state index in [1.165, 1.54) is 0 Å². The van der Waals surface area contributed by atoms with E-state index in [4.69, 9.17) is 0 Å². The van der Waals surface area contributed by atoms with Crippen molar-refractivity contribution in [2.45, 2.75) is 40.2 Å². The maximum Gasteiger partial charge on any atom is 0.254 e. The van der Waals surface area contributed by atoms with Gasteiger partial charge in [-0.1, -0.05) is 28.9 Å². The Hall–Kier alpha value is -0.830. The average molecular weight is 298 g/mol. The molecule has 0 N–H and O–H groups in total. The molecule has 0 saturated carbocycles. The minimum absolute atomic E-state index is 0.126. The summed E-state index contributed by atoms with van der Waals surface area (Å²) in [5.74, 6) is 0.126. The highest BCUT2D eigenvalue weighted by molar-refractivity contribution is 9.10. The summed E-state index contributed by atoms with van der Waals surface area (Å²) in [6, 6.07) is 6.08. The van der Waals surface area contributed by atoms with Crippen molar-refractivity contribution in [3.8, 4) is 0 Å². The van der Waals surface area contributed by atoms with Gasteiger partial charge in [0.1, 0.15) is 0 Å². The summed E-state index contributed by atoms with van der Waals surface area (Å²) in [6.07, 6.45) is 0.983. The van der Waals surface area contributed by atoms with Crippen molar-refractivity contribution >= 4 is 21.8 Å². The molecule has 1 aromatic carbocycles. The summed E-state index contributed by atoms with van der Waals surface area (Å²) in [5, 5.41) is 0. The van der Waals surface area contributed by atoms with Crippen molar-refractivity contribution in [3.63, 3.8) is 0 Å². The molecule has 0 aliphatic rings. The molecule has 0 aliphatic heterocycles. The number of halogens is 1. The Balaban J connectivity index is 3.04. The van der Waals surface area contributed by atoms with Gasteiger partial charge >= 0.3 is 0 Å². The average Bonchev–Trinajstić information content (AvgIpc) is 2.28. The van der Waals surface area contributed by atoms with Gasteiger partial charge in [-0.05, 0) is 44.9 Å². The highest BCUT2D eigenvalue weighted by atomic mass is 79.9. The van der Waals surface area contributed by atoms with Crippen LogP contribution in [0.15, 0.2) is 22.7 Å². The number of aryl methyl sites for hydroxylation is 1. The van der Waals surface area contributed by atoms with E-state index in [1.807, 2.05) is 30.0 Å². The Morgan fingerprint density at radius 3 is 2.59 bits per heavy atom. The molecule has 17 heavy (non-hydrogen) atoms. The molecule has 1 amide bonds. The van der Waals surface area contributed by atoms with E-state index < -0.39 is 0 Å². The van der Waals surface area contributed by atoms with Gasteiger partial charge < -0.3 is 4.90 Å². The first-order valence-corrected chi connectivity index (χ1v) is 6.83. The number of hydrogen-bond donors (Lipinski definition) is 0. The van der Waals surface area contributed by atoms with Gasteiger partial charge in [-0.2, -0.15) is 0 Å². The molecule has 0 aliphatic carbocycles. The molecule has 0 unspecified atom stereocenters. The zero-order chi connectivity index (χ0) is 13.0. The van der Waals surface area contributed by atoms with Crippen molar-refractivity contribution in [3.05, 3.63) is 33.8 Å². The molecule has 1 rings (SSSR count). The van der Waals surface area contributed by atoms with E-state index in [1.54, 1.807) is 0 Å². The lowest BCUT2D eigenvalue weighted by molar-refractivity contribution is 0.0705. The van der Waals surface area contributed by atoms with Crippen LogP contribution in [0.3, 0.4) is 0 Å². The third kappa shape index (κ3) is 3.56. The zero-order valence-corrected chi connectivity index (χ0v) is 12.5. The molecule has 0 fully saturated rings. The maximum atomic E-state index is 12.5. The Morgan fingerprint density at radius 2 is 2.06 bits per heavy atom. The molecule has 3 heteroatoms. The lowest BCUT2D eigenvalue weighted by atomic mass is 10.1. The normalized spacial score (nSPS) is 10.7. The van der Waals surface area contributed by atoms with Crippen LogP contribution in [0.5, 0.6) is 0 Å². The largest absolute Gasteiger partial charge is 0.336 e. The quantitative estimate of drug-likeness (QED) is 0.822. The molecular formula is C14H20BrNO. The van der Waals surface area contributed by atoms with Crippen LogP contribution < -0.4 is 0 Å². The van der Waals surface area contributed by atoms with Crippen LogP contribution in [-0.2, 0) is 0 Å². The van der Waals surface area contributed by atoms with E-state index in [-0.39, 0.29) is 11.9 Å². The third-order valence-corrected chi connectivity index (χ3v) is 3.27. The maximum absolute atomic E-state index is 12.5. The molecule has 1 aromatic rings. The zero-order valence-electron chi connectivity index (χ0n) is 11.0. The first-order chi connectivity index (χ1) is 7.97. The minimum Gasteiger partial charge on any atom is -0.336 e. The lowest BCUT2D eigenvalue weighted by Gasteiger charge is -2.27. The van der Waals surface area contributed by atoms with Crippen molar-refractivity contribution < 1.29 is 4.79 Å². The smallest absolute Gasteiger partial charge is 0.254 e. The van der Waals surface area contributed by atoms with Crippen LogP contribution in [0.25, 0.3) is 0 Å². The molecule has 94 valence electrons.